The number of carbonyl (C=O) groups excluding carboxylic acids is 1. The molecule has 1 aliphatic heterocycles. The van der Waals surface area contributed by atoms with E-state index in [1.165, 1.54) is 5.56 Å². The van der Waals surface area contributed by atoms with Gasteiger partial charge in [-0.2, -0.15) is 0 Å². The van der Waals surface area contributed by atoms with E-state index in [1.54, 1.807) is 0 Å². The highest BCUT2D eigenvalue weighted by Crippen LogP contribution is 2.18. The molecule has 0 aliphatic carbocycles. The van der Waals surface area contributed by atoms with Crippen molar-refractivity contribution < 1.29 is 17.9 Å². The van der Waals surface area contributed by atoms with Crippen molar-refractivity contribution >= 4 is 15.7 Å². The highest BCUT2D eigenvalue weighted by Gasteiger charge is 2.25. The van der Waals surface area contributed by atoms with E-state index in [9.17, 15) is 13.2 Å². The van der Waals surface area contributed by atoms with Gasteiger partial charge in [-0.15, -0.1) is 0 Å². The molecule has 1 fully saturated rings. The molecule has 1 aromatic carbocycles. The van der Waals surface area contributed by atoms with Crippen LogP contribution < -0.4 is 10.1 Å². The molecule has 1 aromatic rings. The molecule has 0 bridgehead atoms. The molecule has 1 aliphatic rings. The standard InChI is InChI=1S/C17H25NO4S/c1-13(2)14-5-7-16(8-6-14)22-10-9-17(19)18-15-4-3-11-23(20,21)12-15/h5-8,13,15H,3-4,9-12H2,1-2H3,(H,18,19)/t15-/m1/s1. The lowest BCUT2D eigenvalue weighted by molar-refractivity contribution is -0.122. The molecule has 6 heteroatoms. The lowest BCUT2D eigenvalue weighted by atomic mass is 10.0. The maximum absolute atomic E-state index is 11.9. The minimum Gasteiger partial charge on any atom is -0.493 e. The summed E-state index contributed by atoms with van der Waals surface area (Å²) in [6.07, 6.45) is 1.57. The minimum absolute atomic E-state index is 0.0518. The molecule has 128 valence electrons. The predicted octanol–water partition coefficient (Wildman–Crippen LogP) is 2.27. The summed E-state index contributed by atoms with van der Waals surface area (Å²) in [6.45, 7) is 4.55. The first-order valence-corrected chi connectivity index (χ1v) is 9.90. The topological polar surface area (TPSA) is 72.5 Å². The first-order valence-electron chi connectivity index (χ1n) is 8.08. The van der Waals surface area contributed by atoms with E-state index in [4.69, 9.17) is 4.74 Å². The number of amides is 1. The van der Waals surface area contributed by atoms with Crippen molar-refractivity contribution in [2.45, 2.75) is 45.1 Å². The fourth-order valence-corrected chi connectivity index (χ4v) is 4.28. The SMILES string of the molecule is CC(C)c1ccc(OCCC(=O)N[C@@H]2CCCS(=O)(=O)C2)cc1. The lowest BCUT2D eigenvalue weighted by Crippen LogP contribution is -2.43. The van der Waals surface area contributed by atoms with Crippen LogP contribution in [0.3, 0.4) is 0 Å². The van der Waals surface area contributed by atoms with Crippen LogP contribution in [0.4, 0.5) is 0 Å². The van der Waals surface area contributed by atoms with Gasteiger partial charge in [0.05, 0.1) is 24.5 Å². The van der Waals surface area contributed by atoms with E-state index in [2.05, 4.69) is 19.2 Å². The van der Waals surface area contributed by atoms with Gasteiger partial charge in [-0.1, -0.05) is 26.0 Å². The highest BCUT2D eigenvalue weighted by atomic mass is 32.2. The first-order chi connectivity index (χ1) is 10.9. The van der Waals surface area contributed by atoms with Gasteiger partial charge in [0.2, 0.25) is 5.91 Å². The Bertz CT molecular complexity index is 622. The fourth-order valence-electron chi connectivity index (χ4n) is 2.65. The van der Waals surface area contributed by atoms with Gasteiger partial charge < -0.3 is 10.1 Å². The molecule has 0 aromatic heterocycles. The monoisotopic (exact) mass is 339 g/mol. The molecule has 1 heterocycles. The summed E-state index contributed by atoms with van der Waals surface area (Å²) in [5.74, 6) is 1.33. The van der Waals surface area contributed by atoms with Crippen molar-refractivity contribution in [2.24, 2.45) is 0 Å². The number of carbonyl (C=O) groups is 1. The molecule has 1 atom stereocenters. The summed E-state index contributed by atoms with van der Waals surface area (Å²) in [7, 11) is -3.00. The second-order valence-electron chi connectivity index (χ2n) is 6.34. The van der Waals surface area contributed by atoms with Crippen LogP contribution in [-0.4, -0.2) is 38.5 Å². The Labute approximate surface area is 138 Å². The van der Waals surface area contributed by atoms with Crippen LogP contribution in [0.2, 0.25) is 0 Å². The Kier molecular flexibility index (Phi) is 6.04. The number of rotatable bonds is 6. The average Bonchev–Trinajstić information content (AvgIpc) is 2.46. The minimum atomic E-state index is -3.00. The smallest absolute Gasteiger partial charge is 0.223 e. The Balaban J connectivity index is 1.72. The van der Waals surface area contributed by atoms with Gasteiger partial charge in [-0.3, -0.25) is 4.79 Å². The Hall–Kier alpha value is -1.56. The van der Waals surface area contributed by atoms with E-state index in [0.29, 0.717) is 12.3 Å². The van der Waals surface area contributed by atoms with Crippen molar-refractivity contribution in [1.29, 1.82) is 0 Å². The summed E-state index contributed by atoms with van der Waals surface area (Å²) in [5, 5.41) is 2.79. The molecule has 1 N–H and O–H groups in total. The van der Waals surface area contributed by atoms with Crippen molar-refractivity contribution in [3.63, 3.8) is 0 Å². The second-order valence-corrected chi connectivity index (χ2v) is 8.57. The van der Waals surface area contributed by atoms with Gasteiger partial charge in [0, 0.05) is 6.04 Å². The zero-order chi connectivity index (χ0) is 16.9. The van der Waals surface area contributed by atoms with Gasteiger partial charge in [0.25, 0.3) is 0 Å². The quantitative estimate of drug-likeness (QED) is 0.863. The molecule has 0 unspecified atom stereocenters. The summed E-state index contributed by atoms with van der Waals surface area (Å²) in [5.41, 5.74) is 1.24. The number of ether oxygens (including phenoxy) is 1. The molecule has 0 spiro atoms. The third-order valence-electron chi connectivity index (χ3n) is 3.97. The molecule has 1 amide bonds. The van der Waals surface area contributed by atoms with Gasteiger partial charge in [0.15, 0.2) is 9.84 Å². The third kappa shape index (κ3) is 5.86. The van der Waals surface area contributed by atoms with Crippen molar-refractivity contribution in [1.82, 2.24) is 5.32 Å². The van der Waals surface area contributed by atoms with Gasteiger partial charge in [-0.25, -0.2) is 8.42 Å². The van der Waals surface area contributed by atoms with Crippen molar-refractivity contribution in [3.05, 3.63) is 29.8 Å². The first kappa shape index (κ1) is 17.8. The normalized spacial score (nSPS) is 20.2. The van der Waals surface area contributed by atoms with Crippen LogP contribution in [0.5, 0.6) is 5.75 Å². The van der Waals surface area contributed by atoms with Crippen LogP contribution in [0, 0.1) is 0 Å². The second kappa shape index (κ2) is 7.81. The molecular formula is C17H25NO4S. The number of benzene rings is 1. The van der Waals surface area contributed by atoms with Crippen molar-refractivity contribution in [3.8, 4) is 5.75 Å². The number of hydrogen-bond donors (Lipinski definition) is 1. The van der Waals surface area contributed by atoms with E-state index >= 15 is 0 Å². The van der Waals surface area contributed by atoms with Gasteiger partial charge in [-0.05, 0) is 36.5 Å². The Morgan fingerprint density at radius 2 is 2.00 bits per heavy atom. The number of hydrogen-bond acceptors (Lipinski definition) is 4. The molecule has 2 rings (SSSR count). The van der Waals surface area contributed by atoms with Gasteiger partial charge >= 0.3 is 0 Å². The Morgan fingerprint density at radius 1 is 1.30 bits per heavy atom. The van der Waals surface area contributed by atoms with E-state index in [-0.39, 0.29) is 36.5 Å². The van der Waals surface area contributed by atoms with Crippen molar-refractivity contribution in [2.75, 3.05) is 18.1 Å². The lowest BCUT2D eigenvalue weighted by Gasteiger charge is -2.23. The summed E-state index contributed by atoms with van der Waals surface area (Å²) >= 11 is 0. The zero-order valence-corrected chi connectivity index (χ0v) is 14.6. The maximum atomic E-state index is 11.9. The summed E-state index contributed by atoms with van der Waals surface area (Å²) in [4.78, 5) is 11.9. The predicted molar refractivity (Wildman–Crippen MR) is 90.5 cm³/mol. The molecule has 0 saturated carbocycles. The number of nitrogens with one attached hydrogen (secondary N) is 1. The summed E-state index contributed by atoms with van der Waals surface area (Å²) < 4.78 is 28.6. The molecule has 23 heavy (non-hydrogen) atoms. The number of sulfone groups is 1. The van der Waals surface area contributed by atoms with E-state index in [1.807, 2.05) is 24.3 Å². The van der Waals surface area contributed by atoms with Crippen LogP contribution >= 0.6 is 0 Å². The largest absolute Gasteiger partial charge is 0.493 e. The van der Waals surface area contributed by atoms with Crippen LogP contribution in [0.25, 0.3) is 0 Å². The molecule has 1 saturated heterocycles. The third-order valence-corrected chi connectivity index (χ3v) is 5.79. The molecule has 0 radical (unpaired) electrons. The fraction of sp³-hybridized carbons (Fsp3) is 0.588. The molecular weight excluding hydrogens is 314 g/mol. The Morgan fingerprint density at radius 3 is 2.61 bits per heavy atom. The van der Waals surface area contributed by atoms with Gasteiger partial charge in [0.1, 0.15) is 5.75 Å². The average molecular weight is 339 g/mol. The van der Waals surface area contributed by atoms with E-state index in [0.717, 1.165) is 12.2 Å². The maximum Gasteiger partial charge on any atom is 0.223 e. The van der Waals surface area contributed by atoms with Crippen LogP contribution in [-0.2, 0) is 14.6 Å². The van der Waals surface area contributed by atoms with Crippen LogP contribution in [0.1, 0.15) is 44.6 Å². The summed E-state index contributed by atoms with van der Waals surface area (Å²) in [6, 6.07) is 7.59. The van der Waals surface area contributed by atoms with E-state index < -0.39 is 9.84 Å². The van der Waals surface area contributed by atoms with Crippen LogP contribution in [0.15, 0.2) is 24.3 Å². The molecule has 5 nitrogen and oxygen atoms in total. The zero-order valence-electron chi connectivity index (χ0n) is 13.7. The highest BCUT2D eigenvalue weighted by molar-refractivity contribution is 7.91.